The topological polar surface area (TPSA) is 70.6 Å². The molecule has 0 saturated heterocycles. The molecule has 0 radical (unpaired) electrons. The third-order valence-electron chi connectivity index (χ3n) is 4.90. The number of anilines is 2. The Hall–Kier alpha value is -2.53. The first-order chi connectivity index (χ1) is 13.0. The summed E-state index contributed by atoms with van der Waals surface area (Å²) in [4.78, 5) is 11.2. The van der Waals surface area contributed by atoms with Gasteiger partial charge in [-0.25, -0.2) is 0 Å². The van der Waals surface area contributed by atoms with Gasteiger partial charge in [0.15, 0.2) is 0 Å². The predicted molar refractivity (Wildman–Crippen MR) is 108 cm³/mol. The largest absolute Gasteiger partial charge is 0.488 e. The van der Waals surface area contributed by atoms with Crippen LogP contribution in [-0.4, -0.2) is 23.2 Å². The van der Waals surface area contributed by atoms with E-state index in [1.807, 2.05) is 48.5 Å². The summed E-state index contributed by atoms with van der Waals surface area (Å²) < 4.78 is 5.95. The zero-order valence-corrected chi connectivity index (χ0v) is 15.9. The number of hydrogen-bond acceptors (Lipinski definition) is 4. The van der Waals surface area contributed by atoms with Crippen molar-refractivity contribution in [2.75, 3.05) is 10.6 Å². The second-order valence-electron chi connectivity index (χ2n) is 7.21. The predicted octanol–water partition coefficient (Wildman–Crippen LogP) is 4.50. The van der Waals surface area contributed by atoms with E-state index in [9.17, 15) is 9.90 Å². The minimum absolute atomic E-state index is 0.0774. The van der Waals surface area contributed by atoms with Gasteiger partial charge in [0.25, 0.3) is 0 Å². The Balaban J connectivity index is 1.60. The van der Waals surface area contributed by atoms with Crippen molar-refractivity contribution >= 4 is 17.3 Å². The lowest BCUT2D eigenvalue weighted by Gasteiger charge is -2.28. The molecule has 3 atom stereocenters. The van der Waals surface area contributed by atoms with Crippen molar-refractivity contribution in [2.45, 2.75) is 57.8 Å². The molecule has 3 rings (SSSR count). The summed E-state index contributed by atoms with van der Waals surface area (Å²) in [7, 11) is 0. The molecule has 0 heterocycles. The summed E-state index contributed by atoms with van der Waals surface area (Å²) >= 11 is 0. The standard InChI is InChI=1S/C22H28N2O3/c1-15(17-6-5-7-19(14-17)24-16(2)25)23-18-10-12-20(13-11-18)27-22-9-4-3-8-21(22)26/h5-7,10-15,21-23,26H,3-4,8-9H2,1-2H3,(H,24,25). The number of ether oxygens (including phenoxy) is 1. The lowest BCUT2D eigenvalue weighted by atomic mass is 9.95. The van der Waals surface area contributed by atoms with Crippen LogP contribution in [0.15, 0.2) is 48.5 Å². The van der Waals surface area contributed by atoms with Gasteiger partial charge in [0.2, 0.25) is 5.91 Å². The van der Waals surface area contributed by atoms with E-state index >= 15 is 0 Å². The highest BCUT2D eigenvalue weighted by molar-refractivity contribution is 5.88. The lowest BCUT2D eigenvalue weighted by molar-refractivity contribution is -0.114. The fraction of sp³-hybridized carbons (Fsp3) is 0.409. The maximum atomic E-state index is 11.2. The van der Waals surface area contributed by atoms with Gasteiger partial charge in [0.05, 0.1) is 6.10 Å². The fourth-order valence-electron chi connectivity index (χ4n) is 3.44. The van der Waals surface area contributed by atoms with E-state index in [2.05, 4.69) is 17.6 Å². The number of carbonyl (C=O) groups excluding carboxylic acids is 1. The van der Waals surface area contributed by atoms with Crippen molar-refractivity contribution in [1.82, 2.24) is 0 Å². The van der Waals surface area contributed by atoms with E-state index in [0.717, 1.165) is 48.4 Å². The Kier molecular flexibility index (Phi) is 6.35. The van der Waals surface area contributed by atoms with Crippen LogP contribution in [0.25, 0.3) is 0 Å². The molecule has 1 saturated carbocycles. The van der Waals surface area contributed by atoms with Crippen LogP contribution in [0.5, 0.6) is 5.75 Å². The molecule has 0 aromatic heterocycles. The molecule has 1 aliphatic carbocycles. The summed E-state index contributed by atoms with van der Waals surface area (Å²) in [6.45, 7) is 3.58. The smallest absolute Gasteiger partial charge is 0.221 e. The normalized spacial score (nSPS) is 20.6. The lowest BCUT2D eigenvalue weighted by Crippen LogP contribution is -2.34. The van der Waals surface area contributed by atoms with Crippen molar-refractivity contribution in [2.24, 2.45) is 0 Å². The zero-order chi connectivity index (χ0) is 19.2. The van der Waals surface area contributed by atoms with E-state index in [1.54, 1.807) is 0 Å². The molecule has 5 nitrogen and oxygen atoms in total. The van der Waals surface area contributed by atoms with Crippen molar-refractivity contribution in [3.05, 3.63) is 54.1 Å². The second kappa shape index (κ2) is 8.91. The molecule has 1 aliphatic rings. The first kappa shape index (κ1) is 19.2. The minimum atomic E-state index is -0.368. The molecule has 0 aliphatic heterocycles. The highest BCUT2D eigenvalue weighted by atomic mass is 16.5. The van der Waals surface area contributed by atoms with Gasteiger partial charge in [-0.1, -0.05) is 18.6 Å². The Morgan fingerprint density at radius 1 is 1.11 bits per heavy atom. The first-order valence-electron chi connectivity index (χ1n) is 9.60. The maximum absolute atomic E-state index is 11.2. The van der Waals surface area contributed by atoms with Gasteiger partial charge >= 0.3 is 0 Å². The molecule has 3 N–H and O–H groups in total. The van der Waals surface area contributed by atoms with Gasteiger partial charge in [-0.15, -0.1) is 0 Å². The van der Waals surface area contributed by atoms with Crippen LogP contribution in [0.2, 0.25) is 0 Å². The molecule has 144 valence electrons. The third-order valence-corrected chi connectivity index (χ3v) is 4.90. The Labute approximate surface area is 160 Å². The number of amides is 1. The van der Waals surface area contributed by atoms with Crippen molar-refractivity contribution < 1.29 is 14.6 Å². The van der Waals surface area contributed by atoms with Gasteiger partial charge in [-0.05, 0) is 68.1 Å². The molecule has 3 unspecified atom stereocenters. The van der Waals surface area contributed by atoms with Crippen molar-refractivity contribution in [1.29, 1.82) is 0 Å². The summed E-state index contributed by atoms with van der Waals surface area (Å²) in [5, 5.41) is 16.3. The average Bonchev–Trinajstić information content (AvgIpc) is 2.65. The van der Waals surface area contributed by atoms with Gasteiger partial charge in [-0.3, -0.25) is 4.79 Å². The van der Waals surface area contributed by atoms with E-state index < -0.39 is 0 Å². The molecule has 2 aromatic rings. The Bertz CT molecular complexity index is 760. The van der Waals surface area contributed by atoms with E-state index in [4.69, 9.17) is 4.74 Å². The van der Waals surface area contributed by atoms with Crippen LogP contribution in [-0.2, 0) is 4.79 Å². The van der Waals surface area contributed by atoms with Gasteiger partial charge in [0, 0.05) is 24.3 Å². The van der Waals surface area contributed by atoms with Gasteiger partial charge < -0.3 is 20.5 Å². The highest BCUT2D eigenvalue weighted by Gasteiger charge is 2.24. The highest BCUT2D eigenvalue weighted by Crippen LogP contribution is 2.26. The zero-order valence-electron chi connectivity index (χ0n) is 15.9. The van der Waals surface area contributed by atoms with Crippen LogP contribution < -0.4 is 15.4 Å². The first-order valence-corrected chi connectivity index (χ1v) is 9.60. The second-order valence-corrected chi connectivity index (χ2v) is 7.21. The molecule has 1 fully saturated rings. The number of nitrogens with one attached hydrogen (secondary N) is 2. The summed E-state index contributed by atoms with van der Waals surface area (Å²) in [5.41, 5.74) is 2.87. The molecular formula is C22H28N2O3. The van der Waals surface area contributed by atoms with Crippen molar-refractivity contribution in [3.8, 4) is 5.75 Å². The minimum Gasteiger partial charge on any atom is -0.488 e. The number of aliphatic hydroxyl groups excluding tert-OH is 1. The van der Waals surface area contributed by atoms with Crippen LogP contribution >= 0.6 is 0 Å². The molecule has 5 heteroatoms. The summed E-state index contributed by atoms with van der Waals surface area (Å²) in [6, 6.07) is 15.7. The third kappa shape index (κ3) is 5.47. The number of aliphatic hydroxyl groups is 1. The van der Waals surface area contributed by atoms with Crippen LogP contribution in [0.1, 0.15) is 51.1 Å². The van der Waals surface area contributed by atoms with E-state index in [0.29, 0.717) is 0 Å². The quantitative estimate of drug-likeness (QED) is 0.702. The molecule has 1 amide bonds. The molecule has 0 spiro atoms. The summed E-state index contributed by atoms with van der Waals surface area (Å²) in [5.74, 6) is 0.707. The molecule has 0 bridgehead atoms. The Morgan fingerprint density at radius 2 is 1.85 bits per heavy atom. The SMILES string of the molecule is CC(=O)Nc1cccc(C(C)Nc2ccc(OC3CCCCC3O)cc2)c1. The van der Waals surface area contributed by atoms with Crippen LogP contribution in [0.4, 0.5) is 11.4 Å². The van der Waals surface area contributed by atoms with Crippen molar-refractivity contribution in [3.63, 3.8) is 0 Å². The number of carbonyl (C=O) groups is 1. The molecular weight excluding hydrogens is 340 g/mol. The maximum Gasteiger partial charge on any atom is 0.221 e. The molecule has 27 heavy (non-hydrogen) atoms. The number of hydrogen-bond donors (Lipinski definition) is 3. The van der Waals surface area contributed by atoms with Crippen LogP contribution in [0, 0.1) is 0 Å². The number of rotatable bonds is 6. The van der Waals surface area contributed by atoms with Gasteiger partial charge in [0.1, 0.15) is 11.9 Å². The van der Waals surface area contributed by atoms with Gasteiger partial charge in [-0.2, -0.15) is 0 Å². The fourth-order valence-corrected chi connectivity index (χ4v) is 3.44. The van der Waals surface area contributed by atoms with E-state index in [-0.39, 0.29) is 24.2 Å². The average molecular weight is 368 g/mol. The number of benzene rings is 2. The van der Waals surface area contributed by atoms with E-state index in [1.165, 1.54) is 6.92 Å². The Morgan fingerprint density at radius 3 is 2.56 bits per heavy atom. The summed E-state index contributed by atoms with van der Waals surface area (Å²) in [6.07, 6.45) is 3.43. The van der Waals surface area contributed by atoms with Crippen LogP contribution in [0.3, 0.4) is 0 Å². The monoisotopic (exact) mass is 368 g/mol. The molecule has 2 aromatic carbocycles.